The standard InChI is InChI=1S/2C12H13F9N2S.2C7H13NO4S/c2*1-23-4-3-22-8(23)24-5-2-9(13,14)6-10(15,16)7-11(17,18)12(19,20)21;2*1-4-6(9)8-7(2,3)5-13(10,11)12/h2*3-4H,2,5-7H2,1H3;2*4H,1,5H2,2-3H3,(H,8,9)(H,10,11,12). The van der Waals surface area contributed by atoms with Gasteiger partial charge in [-0.05, 0) is 51.6 Å². The van der Waals surface area contributed by atoms with E-state index in [-0.39, 0.29) is 11.5 Å². The number of thioether (sulfide) groups is 2. The predicted octanol–water partition coefficient (Wildman–Crippen LogP) is 9.29. The lowest BCUT2D eigenvalue weighted by molar-refractivity contribution is -0.708. The molecule has 0 fully saturated rings. The van der Waals surface area contributed by atoms with Crippen LogP contribution < -0.4 is 15.2 Å². The summed E-state index contributed by atoms with van der Waals surface area (Å²) in [6, 6.07) is 0. The number of imidazole rings is 2. The molecule has 2 rings (SSSR count). The van der Waals surface area contributed by atoms with Crippen molar-refractivity contribution in [2.24, 2.45) is 14.1 Å². The van der Waals surface area contributed by atoms with Gasteiger partial charge < -0.3 is 19.8 Å². The molecule has 0 saturated heterocycles. The third-order valence-corrected chi connectivity index (χ3v) is 12.5. The molecule has 0 bridgehead atoms. The highest BCUT2D eigenvalue weighted by Crippen LogP contribution is 2.48. The van der Waals surface area contributed by atoms with Crippen molar-refractivity contribution >= 4 is 55.6 Å². The monoisotopic (exact) mass is 1190 g/mol. The first-order valence-corrected chi connectivity index (χ1v) is 25.2. The number of hydrogen-bond donors (Lipinski definition) is 4. The van der Waals surface area contributed by atoms with Gasteiger partial charge in [0.2, 0.25) is 11.8 Å². The Labute approximate surface area is 421 Å². The maximum absolute atomic E-state index is 13.5. The molecule has 0 saturated carbocycles. The minimum Gasteiger partial charge on any atom is -0.748 e. The van der Waals surface area contributed by atoms with Gasteiger partial charge in [-0.1, -0.05) is 24.9 Å². The Bertz CT molecular complexity index is 2180. The summed E-state index contributed by atoms with van der Waals surface area (Å²) in [6.45, 7) is 12.3. The van der Waals surface area contributed by atoms with E-state index >= 15 is 0 Å². The Kier molecular flexibility index (Phi) is 26.7. The highest BCUT2D eigenvalue weighted by molar-refractivity contribution is 7.99. The van der Waals surface area contributed by atoms with E-state index in [1.165, 1.54) is 50.9 Å². The van der Waals surface area contributed by atoms with Gasteiger partial charge in [0.25, 0.3) is 33.8 Å². The first-order valence-electron chi connectivity index (χ1n) is 20.1. The summed E-state index contributed by atoms with van der Waals surface area (Å²) in [4.78, 5) is 28.1. The summed E-state index contributed by atoms with van der Waals surface area (Å²) in [5.74, 6) is -32.2. The average molecular weight is 1190 g/mol. The van der Waals surface area contributed by atoms with Crippen molar-refractivity contribution in [3.63, 3.8) is 0 Å². The van der Waals surface area contributed by atoms with E-state index in [1.807, 2.05) is 0 Å². The summed E-state index contributed by atoms with van der Waals surface area (Å²) < 4.78 is 292. The van der Waals surface area contributed by atoms with E-state index < -0.39 is 141 Å². The van der Waals surface area contributed by atoms with Crippen LogP contribution in [0.15, 0.2) is 60.4 Å². The number of halogens is 18. The van der Waals surface area contributed by atoms with Crippen LogP contribution in [0, 0.1) is 0 Å². The third kappa shape index (κ3) is 31.9. The number of hydrogen-bond acceptors (Lipinski definition) is 10. The molecule has 0 aromatic carbocycles. The van der Waals surface area contributed by atoms with Gasteiger partial charge in [-0.15, -0.1) is 0 Å². The van der Waals surface area contributed by atoms with Crippen LogP contribution in [0.4, 0.5) is 79.0 Å². The second kappa shape index (κ2) is 27.4. The summed E-state index contributed by atoms with van der Waals surface area (Å²) in [5, 5.41) is 5.49. The summed E-state index contributed by atoms with van der Waals surface area (Å²) >= 11 is 1.70. The van der Waals surface area contributed by atoms with Crippen molar-refractivity contribution in [2.45, 2.75) is 135 Å². The molecule has 432 valence electrons. The molecule has 0 unspecified atom stereocenters. The molecule has 36 heteroatoms. The zero-order chi connectivity index (χ0) is 59.0. The number of aromatic nitrogens is 4. The van der Waals surface area contributed by atoms with Crippen LogP contribution in [0.25, 0.3) is 0 Å². The molecule has 0 radical (unpaired) electrons. The molecule has 2 aromatic heterocycles. The Morgan fingerprint density at radius 2 is 1.08 bits per heavy atom. The van der Waals surface area contributed by atoms with E-state index in [4.69, 9.17) is 4.55 Å². The van der Waals surface area contributed by atoms with Gasteiger partial charge in [-0.25, -0.2) is 58.1 Å². The third-order valence-electron chi connectivity index (χ3n) is 8.21. The van der Waals surface area contributed by atoms with Crippen LogP contribution in [-0.2, 0) is 43.9 Å². The van der Waals surface area contributed by atoms with Crippen LogP contribution >= 0.6 is 23.5 Å². The van der Waals surface area contributed by atoms with Crippen LogP contribution in [0.5, 0.6) is 0 Å². The number of rotatable bonds is 24. The number of alkyl halides is 18. The van der Waals surface area contributed by atoms with Crippen LogP contribution in [0.1, 0.15) is 66.2 Å². The van der Waals surface area contributed by atoms with E-state index in [2.05, 4.69) is 33.8 Å². The molecule has 2 heterocycles. The Balaban J connectivity index is 0. The van der Waals surface area contributed by atoms with Gasteiger partial charge >= 0.3 is 29.4 Å². The van der Waals surface area contributed by atoms with Crippen molar-refractivity contribution in [2.75, 3.05) is 23.0 Å². The zero-order valence-corrected chi connectivity index (χ0v) is 42.8. The molecule has 0 aliphatic heterocycles. The van der Waals surface area contributed by atoms with E-state index in [0.29, 0.717) is 10.3 Å². The van der Waals surface area contributed by atoms with E-state index in [1.54, 1.807) is 24.9 Å². The number of aromatic amines is 1. The first-order chi connectivity index (χ1) is 32.6. The summed E-state index contributed by atoms with van der Waals surface area (Å²) in [5.41, 5.74) is -2.06. The average Bonchev–Trinajstić information content (AvgIpc) is 3.73. The smallest absolute Gasteiger partial charge is 0.453 e. The Morgan fingerprint density at radius 3 is 1.38 bits per heavy atom. The van der Waals surface area contributed by atoms with E-state index in [9.17, 15) is 110 Å². The number of nitrogens with zero attached hydrogens (tertiary/aromatic N) is 3. The molecule has 0 spiro atoms. The van der Waals surface area contributed by atoms with Crippen molar-refractivity contribution in [1.82, 2.24) is 25.2 Å². The van der Waals surface area contributed by atoms with Crippen molar-refractivity contribution in [1.29, 1.82) is 0 Å². The van der Waals surface area contributed by atoms with Crippen molar-refractivity contribution in [3.8, 4) is 0 Å². The SMILES string of the molecule is C=CC(=O)NC(C)(C)CS(=O)(=O)O.C=CC(=O)NC(C)(C)CS(=O)(=O)[O-].C[n+]1cc[nH]c1SCCC(F)(F)CC(F)(F)CC(F)(F)C(F)(F)F.Cn1ccnc1SCCC(F)(F)CC(F)(F)CC(F)(F)C(F)(F)F. The predicted molar refractivity (Wildman–Crippen MR) is 232 cm³/mol. The molecule has 0 aliphatic carbocycles. The van der Waals surface area contributed by atoms with Gasteiger partial charge in [0.05, 0.1) is 59.9 Å². The molecule has 4 N–H and O–H groups in total. The number of carbonyl (C=O) groups excluding carboxylic acids is 2. The highest BCUT2D eigenvalue weighted by atomic mass is 32.2. The highest BCUT2D eigenvalue weighted by Gasteiger charge is 2.64. The van der Waals surface area contributed by atoms with Crippen molar-refractivity contribution < 1.29 is 119 Å². The molecular weight excluding hydrogens is 1140 g/mol. The topological polar surface area (TPSA) is 207 Å². The minimum absolute atomic E-state index is 0.326. The quantitative estimate of drug-likeness (QED) is 0.0256. The molecular formula is C38H52F18N6O8S4. The van der Waals surface area contributed by atoms with Crippen molar-refractivity contribution in [3.05, 3.63) is 50.1 Å². The van der Waals surface area contributed by atoms with Gasteiger partial charge in [-0.3, -0.25) is 14.1 Å². The minimum atomic E-state index is -6.22. The number of carbonyl (C=O) groups is 2. The molecule has 74 heavy (non-hydrogen) atoms. The molecule has 0 aliphatic rings. The molecule has 2 amide bonds. The Morgan fingerprint density at radius 1 is 0.703 bits per heavy atom. The number of nitrogens with one attached hydrogen (secondary N) is 3. The Hall–Kier alpha value is -3.90. The van der Waals surface area contributed by atoms with Gasteiger partial charge in [0, 0.05) is 49.3 Å². The maximum atomic E-state index is 13.5. The maximum Gasteiger partial charge on any atom is 0.453 e. The van der Waals surface area contributed by atoms with E-state index in [0.717, 1.165) is 35.7 Å². The zero-order valence-electron chi connectivity index (χ0n) is 39.5. The number of H-pyrrole nitrogens is 1. The fourth-order valence-electron chi connectivity index (χ4n) is 5.26. The lowest BCUT2D eigenvalue weighted by Gasteiger charge is -2.27. The second-order valence-electron chi connectivity index (χ2n) is 17.0. The number of amides is 2. The molecule has 2 aromatic rings. The molecule has 0 atom stereocenters. The van der Waals surface area contributed by atoms with Gasteiger partial charge in [0.1, 0.15) is 12.4 Å². The largest absolute Gasteiger partial charge is 0.748 e. The van der Waals surface area contributed by atoms with Gasteiger partial charge in [-0.2, -0.15) is 52.3 Å². The fourth-order valence-corrected chi connectivity index (χ4v) is 9.19. The lowest BCUT2D eigenvalue weighted by Crippen LogP contribution is -2.47. The van der Waals surface area contributed by atoms with Gasteiger partial charge in [0.15, 0.2) is 5.16 Å². The van der Waals surface area contributed by atoms with Crippen LogP contribution in [0.2, 0.25) is 0 Å². The number of aryl methyl sites for hydroxylation is 2. The summed E-state index contributed by atoms with van der Waals surface area (Å²) in [7, 11) is -5.25. The van der Waals surface area contributed by atoms with Crippen LogP contribution in [0.3, 0.4) is 0 Å². The fraction of sp³-hybridized carbons (Fsp3) is 0.684. The summed E-state index contributed by atoms with van der Waals surface area (Å²) in [6.07, 6.45) is -17.4. The first kappa shape index (κ1) is 72.2. The normalized spacial score (nSPS) is 13.5. The molecule has 14 nitrogen and oxygen atoms in total. The lowest BCUT2D eigenvalue weighted by atomic mass is 10.0. The second-order valence-corrected chi connectivity index (χ2v) is 22.0. The van der Waals surface area contributed by atoms with Crippen LogP contribution in [-0.4, -0.2) is 134 Å².